The van der Waals surface area contributed by atoms with Crippen LogP contribution in [-0.2, 0) is 14.9 Å². The molecule has 7 heteroatoms. The van der Waals surface area contributed by atoms with Gasteiger partial charge in [0, 0.05) is 0 Å². The molecule has 0 bridgehead atoms. The Hall–Kier alpha value is -0.920. The van der Waals surface area contributed by atoms with Gasteiger partial charge >= 0.3 is 0 Å². The van der Waals surface area contributed by atoms with Crippen LogP contribution in [0.3, 0.4) is 0 Å². The van der Waals surface area contributed by atoms with Crippen molar-refractivity contribution in [3.63, 3.8) is 0 Å². The molecule has 0 saturated carbocycles. The predicted octanol–water partition coefficient (Wildman–Crippen LogP) is 0.465. The Bertz CT molecular complexity index is 312. The van der Waals surface area contributed by atoms with Crippen LogP contribution in [-0.4, -0.2) is 23.7 Å². The number of nitrogens with one attached hydrogen (secondary N) is 1. The summed E-state index contributed by atoms with van der Waals surface area (Å²) in [5.74, 6) is -0.637. The Morgan fingerprint density at radius 1 is 1.64 bits per heavy atom. The third kappa shape index (κ3) is 3.44. The number of carbonyl (C=O) groups is 1. The summed E-state index contributed by atoms with van der Waals surface area (Å²) < 4.78 is 30.5. The molecule has 0 aliphatic rings. The summed E-state index contributed by atoms with van der Waals surface area (Å²) in [6, 6.07) is 0. The van der Waals surface area contributed by atoms with E-state index >= 15 is 0 Å². The first-order chi connectivity index (χ1) is 5.77. The van der Waals surface area contributed by atoms with Crippen LogP contribution in [0.25, 0.3) is 0 Å². The molecule has 14 heavy (non-hydrogen) atoms. The molecule has 0 rings (SSSR count). The summed E-state index contributed by atoms with van der Waals surface area (Å²) in [7, 11) is -4.30. The molecule has 0 spiro atoms. The quantitative estimate of drug-likeness (QED) is 0.473. The van der Waals surface area contributed by atoms with Crippen molar-refractivity contribution < 1.29 is 17.8 Å². The summed E-state index contributed by atoms with van der Waals surface area (Å²) in [5.41, 5.74) is 0. The second kappa shape index (κ2) is 5.08. The third-order valence-corrected chi connectivity index (χ3v) is 3.35. The molecular weight excluding hydrogens is 208 g/mol. The van der Waals surface area contributed by atoms with E-state index in [1.807, 2.05) is 0 Å². The lowest BCUT2D eigenvalue weighted by Gasteiger charge is -2.25. The van der Waals surface area contributed by atoms with Gasteiger partial charge in [-0.05, 0) is 19.4 Å². The van der Waals surface area contributed by atoms with Gasteiger partial charge < -0.3 is 11.5 Å². The van der Waals surface area contributed by atoms with Crippen LogP contribution in [0.15, 0.2) is 12.7 Å². The first-order valence-electron chi connectivity index (χ1n) is 3.68. The monoisotopic (exact) mass is 224 g/mol. The lowest BCUT2D eigenvalue weighted by atomic mass is 10.2. The van der Waals surface area contributed by atoms with Crippen molar-refractivity contribution in [2.45, 2.75) is 25.1 Å². The SMILES string of the molecule is C=CC(=O)NC(C)(CC)S(=O)(=O)O.N. The Balaban J connectivity index is 0. The largest absolute Gasteiger partial charge is 0.344 e. The van der Waals surface area contributed by atoms with Gasteiger partial charge in [-0.2, -0.15) is 8.42 Å². The van der Waals surface area contributed by atoms with Crippen molar-refractivity contribution >= 4 is 16.0 Å². The normalized spacial score (nSPS) is 14.8. The Morgan fingerprint density at radius 2 is 2.07 bits per heavy atom. The van der Waals surface area contributed by atoms with E-state index in [9.17, 15) is 13.2 Å². The van der Waals surface area contributed by atoms with E-state index in [2.05, 4.69) is 11.9 Å². The molecule has 0 heterocycles. The van der Waals surface area contributed by atoms with Crippen LogP contribution < -0.4 is 11.5 Å². The van der Waals surface area contributed by atoms with Crippen molar-refractivity contribution in [3.8, 4) is 0 Å². The van der Waals surface area contributed by atoms with E-state index in [1.165, 1.54) is 13.8 Å². The highest BCUT2D eigenvalue weighted by Gasteiger charge is 2.36. The number of hydrogen-bond donors (Lipinski definition) is 3. The maximum atomic E-state index is 10.8. The fourth-order valence-corrected chi connectivity index (χ4v) is 1.24. The molecule has 0 aromatic rings. The van der Waals surface area contributed by atoms with E-state index in [-0.39, 0.29) is 12.6 Å². The maximum absolute atomic E-state index is 10.8. The minimum absolute atomic E-state index is 0. The Kier molecular flexibility index (Phi) is 5.65. The fourth-order valence-electron chi connectivity index (χ4n) is 0.647. The lowest BCUT2D eigenvalue weighted by Crippen LogP contribution is -2.50. The van der Waals surface area contributed by atoms with Crippen LogP contribution in [0.5, 0.6) is 0 Å². The van der Waals surface area contributed by atoms with Gasteiger partial charge in [0.2, 0.25) is 5.91 Å². The van der Waals surface area contributed by atoms with E-state index in [0.717, 1.165) is 6.08 Å². The molecule has 6 nitrogen and oxygen atoms in total. The highest BCUT2D eigenvalue weighted by molar-refractivity contribution is 7.87. The zero-order chi connectivity index (χ0) is 10.7. The highest BCUT2D eigenvalue weighted by atomic mass is 32.2. The first-order valence-corrected chi connectivity index (χ1v) is 5.12. The van der Waals surface area contributed by atoms with Gasteiger partial charge in [-0.15, -0.1) is 0 Å². The average molecular weight is 224 g/mol. The molecule has 0 fully saturated rings. The zero-order valence-corrected chi connectivity index (χ0v) is 9.10. The number of rotatable bonds is 4. The van der Waals surface area contributed by atoms with Gasteiger partial charge in [0.25, 0.3) is 10.1 Å². The van der Waals surface area contributed by atoms with Crippen molar-refractivity contribution in [1.82, 2.24) is 11.5 Å². The van der Waals surface area contributed by atoms with Gasteiger partial charge in [-0.25, -0.2) is 0 Å². The van der Waals surface area contributed by atoms with Gasteiger partial charge in [0.15, 0.2) is 4.87 Å². The third-order valence-electron chi connectivity index (χ3n) is 1.82. The molecule has 84 valence electrons. The van der Waals surface area contributed by atoms with Crippen molar-refractivity contribution in [3.05, 3.63) is 12.7 Å². The highest BCUT2D eigenvalue weighted by Crippen LogP contribution is 2.15. The predicted molar refractivity (Wildman–Crippen MR) is 53.6 cm³/mol. The molecule has 1 atom stereocenters. The van der Waals surface area contributed by atoms with Crippen molar-refractivity contribution in [2.75, 3.05) is 0 Å². The molecule has 0 aromatic heterocycles. The van der Waals surface area contributed by atoms with Gasteiger partial charge in [0.1, 0.15) is 0 Å². The van der Waals surface area contributed by atoms with Gasteiger partial charge in [-0.1, -0.05) is 13.5 Å². The van der Waals surface area contributed by atoms with E-state index in [1.54, 1.807) is 0 Å². The van der Waals surface area contributed by atoms with Crippen molar-refractivity contribution in [1.29, 1.82) is 0 Å². The summed E-state index contributed by atoms with van der Waals surface area (Å²) in [4.78, 5) is 9.19. The number of hydrogen-bond acceptors (Lipinski definition) is 4. The minimum atomic E-state index is -4.30. The average Bonchev–Trinajstić information content (AvgIpc) is 2.02. The van der Waals surface area contributed by atoms with Crippen LogP contribution in [0, 0.1) is 0 Å². The van der Waals surface area contributed by atoms with Crippen LogP contribution in [0.4, 0.5) is 0 Å². The molecule has 5 N–H and O–H groups in total. The van der Waals surface area contributed by atoms with Crippen LogP contribution in [0.2, 0.25) is 0 Å². The second-order valence-corrected chi connectivity index (χ2v) is 4.60. The smallest absolute Gasteiger partial charge is 0.288 e. The molecule has 0 aliphatic heterocycles. The number of carbonyl (C=O) groups excluding carboxylic acids is 1. The second-order valence-electron chi connectivity index (χ2n) is 2.75. The van der Waals surface area contributed by atoms with Gasteiger partial charge in [-0.3, -0.25) is 9.35 Å². The molecule has 1 amide bonds. The van der Waals surface area contributed by atoms with Crippen LogP contribution >= 0.6 is 0 Å². The molecular formula is C7H16N2O4S. The Morgan fingerprint density at radius 3 is 2.29 bits per heavy atom. The standard InChI is InChI=1S/C7H13NO4S.H3N/c1-4-6(9)8-7(3,5-2)13(10,11)12;/h4H,1,5H2,2-3H3,(H,8,9)(H,10,11,12);1H3. The first kappa shape index (κ1) is 15.5. The molecule has 1 unspecified atom stereocenters. The molecule has 0 aromatic carbocycles. The zero-order valence-electron chi connectivity index (χ0n) is 8.28. The fraction of sp³-hybridized carbons (Fsp3) is 0.571. The molecule has 0 radical (unpaired) electrons. The lowest BCUT2D eigenvalue weighted by molar-refractivity contribution is -0.117. The maximum Gasteiger partial charge on any atom is 0.288 e. The number of amides is 1. The molecule has 0 saturated heterocycles. The summed E-state index contributed by atoms with van der Waals surface area (Å²) in [6.45, 7) is 5.94. The summed E-state index contributed by atoms with van der Waals surface area (Å²) in [5, 5.41) is 2.14. The van der Waals surface area contributed by atoms with E-state index in [4.69, 9.17) is 4.55 Å². The Labute approximate surface area is 83.7 Å². The molecule has 0 aliphatic carbocycles. The minimum Gasteiger partial charge on any atom is -0.344 e. The van der Waals surface area contributed by atoms with Crippen LogP contribution in [0.1, 0.15) is 20.3 Å². The summed E-state index contributed by atoms with van der Waals surface area (Å²) >= 11 is 0. The van der Waals surface area contributed by atoms with Crippen molar-refractivity contribution in [2.24, 2.45) is 0 Å². The topological polar surface area (TPSA) is 118 Å². The summed E-state index contributed by atoms with van der Waals surface area (Å²) in [6.07, 6.45) is 1.02. The van der Waals surface area contributed by atoms with E-state index in [0.29, 0.717) is 0 Å². The van der Waals surface area contributed by atoms with Gasteiger partial charge in [0.05, 0.1) is 0 Å². The van der Waals surface area contributed by atoms with E-state index < -0.39 is 20.9 Å².